The topological polar surface area (TPSA) is 6.48 Å². The van der Waals surface area contributed by atoms with E-state index in [1.54, 1.807) is 11.8 Å². The molecule has 2 fully saturated rings. The molecule has 0 unspecified atom stereocenters. The minimum absolute atomic E-state index is 0.539. The van der Waals surface area contributed by atoms with Gasteiger partial charge in [0.05, 0.1) is 5.03 Å². The van der Waals surface area contributed by atoms with E-state index in [9.17, 15) is 0 Å². The second-order valence-electron chi connectivity index (χ2n) is 10.6. The summed E-state index contributed by atoms with van der Waals surface area (Å²) in [5.74, 6) is 0.833. The zero-order chi connectivity index (χ0) is 23.0. The molecule has 0 spiro atoms. The molecule has 0 N–H and O–H groups in total. The lowest BCUT2D eigenvalue weighted by molar-refractivity contribution is 0.0648. The standard InChI is InChI=1S/C24H36N2S.C4H10/c1-6-21-8-7-9-22(18-21)19(2)27-20(3)25-14-10-23(11-15-25)26-16-12-24(4,5)13-17-26;1-4(2)3/h7-9,18,23H,2-3,6,10-17H2,1,4-5H3;4H,1-3H3. The molecule has 0 atom stereocenters. The van der Waals surface area contributed by atoms with Crippen molar-refractivity contribution in [3.8, 4) is 0 Å². The van der Waals surface area contributed by atoms with E-state index >= 15 is 0 Å². The summed E-state index contributed by atoms with van der Waals surface area (Å²) in [6, 6.07) is 9.50. The molecule has 0 saturated carbocycles. The van der Waals surface area contributed by atoms with Gasteiger partial charge < -0.3 is 9.80 Å². The van der Waals surface area contributed by atoms with Gasteiger partial charge in [-0.25, -0.2) is 0 Å². The Morgan fingerprint density at radius 3 is 2.19 bits per heavy atom. The summed E-state index contributed by atoms with van der Waals surface area (Å²) in [7, 11) is 0. The van der Waals surface area contributed by atoms with Crippen molar-refractivity contribution in [2.24, 2.45) is 11.3 Å². The van der Waals surface area contributed by atoms with Crippen LogP contribution in [0.4, 0.5) is 0 Å². The summed E-state index contributed by atoms with van der Waals surface area (Å²) in [4.78, 5) is 6.31. The van der Waals surface area contributed by atoms with E-state index in [-0.39, 0.29) is 0 Å². The second kappa shape index (κ2) is 12.2. The van der Waals surface area contributed by atoms with Crippen LogP contribution in [0.25, 0.3) is 4.91 Å². The lowest BCUT2D eigenvalue weighted by atomic mass is 9.82. The molecule has 31 heavy (non-hydrogen) atoms. The van der Waals surface area contributed by atoms with Crippen LogP contribution < -0.4 is 0 Å². The average Bonchev–Trinajstić information content (AvgIpc) is 2.73. The Morgan fingerprint density at radius 1 is 1.06 bits per heavy atom. The van der Waals surface area contributed by atoms with Gasteiger partial charge in [0.25, 0.3) is 0 Å². The highest BCUT2D eigenvalue weighted by atomic mass is 32.2. The van der Waals surface area contributed by atoms with Gasteiger partial charge >= 0.3 is 0 Å². The van der Waals surface area contributed by atoms with Crippen LogP contribution in [0.5, 0.6) is 0 Å². The van der Waals surface area contributed by atoms with Gasteiger partial charge in [-0.3, -0.25) is 0 Å². The minimum atomic E-state index is 0.539. The molecule has 0 aliphatic carbocycles. The van der Waals surface area contributed by atoms with Crippen LogP contribution in [0.15, 0.2) is 42.5 Å². The molecule has 0 aromatic heterocycles. The molecule has 2 nitrogen and oxygen atoms in total. The number of likely N-dealkylation sites (tertiary alicyclic amines) is 2. The molecule has 1 aromatic carbocycles. The Labute approximate surface area is 197 Å². The molecule has 2 aliphatic heterocycles. The Bertz CT molecular complexity index is 701. The summed E-state index contributed by atoms with van der Waals surface area (Å²) in [6.45, 7) is 27.0. The summed E-state index contributed by atoms with van der Waals surface area (Å²) in [5.41, 5.74) is 3.13. The molecule has 174 valence electrons. The molecule has 0 bridgehead atoms. The van der Waals surface area contributed by atoms with Crippen molar-refractivity contribution in [3.63, 3.8) is 0 Å². The van der Waals surface area contributed by atoms with Crippen LogP contribution in [-0.2, 0) is 6.42 Å². The van der Waals surface area contributed by atoms with E-state index in [0.717, 1.165) is 41.4 Å². The SMILES string of the molecule is C=C(SC(=C)N1CCC(N2CCC(C)(C)CC2)CC1)c1cccc(CC)c1.CC(C)C. The highest BCUT2D eigenvalue weighted by Gasteiger charge is 2.31. The molecule has 2 heterocycles. The maximum atomic E-state index is 4.36. The van der Waals surface area contributed by atoms with E-state index in [0.29, 0.717) is 5.41 Å². The fraction of sp³-hybridized carbons (Fsp3) is 0.643. The molecular weight excluding hydrogens is 396 g/mol. The van der Waals surface area contributed by atoms with E-state index in [1.807, 2.05) is 0 Å². The van der Waals surface area contributed by atoms with Gasteiger partial charge in [0.2, 0.25) is 0 Å². The Hall–Kier alpha value is -1.19. The van der Waals surface area contributed by atoms with Gasteiger partial charge in [-0.05, 0) is 67.7 Å². The van der Waals surface area contributed by atoms with Crippen molar-refractivity contribution in [3.05, 3.63) is 53.6 Å². The van der Waals surface area contributed by atoms with Gasteiger partial charge in [-0.2, -0.15) is 0 Å². The Balaban J connectivity index is 0.000000785. The molecule has 3 rings (SSSR count). The van der Waals surface area contributed by atoms with Crippen LogP contribution in [0, 0.1) is 11.3 Å². The second-order valence-corrected chi connectivity index (χ2v) is 11.8. The van der Waals surface area contributed by atoms with Crippen molar-refractivity contribution in [2.75, 3.05) is 26.2 Å². The predicted octanol–water partition coefficient (Wildman–Crippen LogP) is 7.67. The number of nitrogens with zero attached hydrogens (tertiary/aromatic N) is 2. The zero-order valence-corrected chi connectivity index (χ0v) is 21.9. The summed E-state index contributed by atoms with van der Waals surface area (Å²) in [5, 5.41) is 1.15. The first-order valence-electron chi connectivity index (χ1n) is 12.2. The van der Waals surface area contributed by atoms with Crippen molar-refractivity contribution >= 4 is 16.7 Å². The minimum Gasteiger partial charge on any atom is -0.366 e. The number of rotatable bonds is 6. The summed E-state index contributed by atoms with van der Waals surface area (Å²) in [6.07, 6.45) is 6.27. The maximum absolute atomic E-state index is 4.36. The van der Waals surface area contributed by atoms with Gasteiger partial charge in [0.15, 0.2) is 0 Å². The molecule has 0 radical (unpaired) electrons. The quantitative estimate of drug-likeness (QED) is 0.446. The van der Waals surface area contributed by atoms with Crippen LogP contribution in [-0.4, -0.2) is 42.0 Å². The van der Waals surface area contributed by atoms with Gasteiger partial charge in [-0.1, -0.05) is 90.7 Å². The molecular formula is C28H46N2S. The Kier molecular flexibility index (Phi) is 10.2. The summed E-state index contributed by atoms with van der Waals surface area (Å²) < 4.78 is 0. The van der Waals surface area contributed by atoms with Crippen molar-refractivity contribution in [1.82, 2.24) is 9.80 Å². The average molecular weight is 443 g/mol. The molecule has 2 saturated heterocycles. The van der Waals surface area contributed by atoms with Gasteiger partial charge in [0.1, 0.15) is 0 Å². The maximum Gasteiger partial charge on any atom is 0.0682 e. The lowest BCUT2D eigenvalue weighted by Gasteiger charge is -2.44. The number of aryl methyl sites for hydroxylation is 1. The molecule has 3 heteroatoms. The molecule has 2 aliphatic rings. The number of thioether (sulfide) groups is 1. The van der Waals surface area contributed by atoms with E-state index in [2.05, 4.69) is 88.8 Å². The third kappa shape index (κ3) is 8.69. The van der Waals surface area contributed by atoms with Gasteiger partial charge in [0, 0.05) is 24.0 Å². The van der Waals surface area contributed by atoms with E-state index in [4.69, 9.17) is 0 Å². The van der Waals surface area contributed by atoms with Crippen molar-refractivity contribution in [1.29, 1.82) is 0 Å². The Morgan fingerprint density at radius 2 is 1.65 bits per heavy atom. The number of piperidine rings is 2. The predicted molar refractivity (Wildman–Crippen MR) is 141 cm³/mol. The van der Waals surface area contributed by atoms with Crippen molar-refractivity contribution < 1.29 is 0 Å². The first-order chi connectivity index (χ1) is 14.6. The largest absolute Gasteiger partial charge is 0.366 e. The first kappa shape index (κ1) is 26.1. The third-order valence-electron chi connectivity index (χ3n) is 6.38. The third-order valence-corrected chi connectivity index (χ3v) is 7.36. The lowest BCUT2D eigenvalue weighted by Crippen LogP contribution is -2.48. The molecule has 0 amide bonds. The van der Waals surface area contributed by atoms with Crippen LogP contribution in [0.3, 0.4) is 0 Å². The van der Waals surface area contributed by atoms with E-state index < -0.39 is 0 Å². The van der Waals surface area contributed by atoms with Crippen LogP contribution in [0.1, 0.15) is 78.4 Å². The molecule has 1 aromatic rings. The number of benzene rings is 1. The van der Waals surface area contributed by atoms with Crippen molar-refractivity contribution in [2.45, 2.75) is 79.7 Å². The van der Waals surface area contributed by atoms with E-state index in [1.165, 1.54) is 49.9 Å². The number of hydrogen-bond acceptors (Lipinski definition) is 3. The fourth-order valence-electron chi connectivity index (χ4n) is 4.21. The van der Waals surface area contributed by atoms with Gasteiger partial charge in [-0.15, -0.1) is 0 Å². The fourth-order valence-corrected chi connectivity index (χ4v) is 5.05. The normalized spacial score (nSPS) is 19.6. The smallest absolute Gasteiger partial charge is 0.0682 e. The highest BCUT2D eigenvalue weighted by Crippen LogP contribution is 2.36. The zero-order valence-electron chi connectivity index (χ0n) is 21.0. The number of hydrogen-bond donors (Lipinski definition) is 0. The monoisotopic (exact) mass is 442 g/mol. The highest BCUT2D eigenvalue weighted by molar-refractivity contribution is 8.11. The van der Waals surface area contributed by atoms with Crippen LogP contribution in [0.2, 0.25) is 0 Å². The summed E-state index contributed by atoms with van der Waals surface area (Å²) >= 11 is 1.74. The first-order valence-corrected chi connectivity index (χ1v) is 13.1. The van der Waals surface area contributed by atoms with Crippen LogP contribution >= 0.6 is 11.8 Å².